The Morgan fingerprint density at radius 2 is 2.35 bits per heavy atom. The van der Waals surface area contributed by atoms with Gasteiger partial charge in [-0.15, -0.1) is 11.3 Å². The number of thiophene rings is 1. The van der Waals surface area contributed by atoms with Crippen LogP contribution in [0.2, 0.25) is 5.02 Å². The predicted molar refractivity (Wildman–Crippen MR) is 75.6 cm³/mol. The molecular weight excluding hydrogens is 326 g/mol. The highest BCUT2D eigenvalue weighted by atomic mass is 79.9. The molecule has 0 fully saturated rings. The molecule has 0 aromatic carbocycles. The lowest BCUT2D eigenvalue weighted by Crippen LogP contribution is -2.24. The van der Waals surface area contributed by atoms with Crippen LogP contribution in [0.3, 0.4) is 0 Å². The van der Waals surface area contributed by atoms with Crippen molar-refractivity contribution in [2.75, 3.05) is 25.1 Å². The molecule has 17 heavy (non-hydrogen) atoms. The van der Waals surface area contributed by atoms with Crippen molar-refractivity contribution < 1.29 is 9.53 Å². The molecule has 6 heteroatoms. The van der Waals surface area contributed by atoms with Crippen LogP contribution in [0.15, 0.2) is 5.38 Å². The fraction of sp³-hybridized carbons (Fsp3) is 0.545. The molecule has 96 valence electrons. The van der Waals surface area contributed by atoms with E-state index in [0.717, 1.165) is 17.3 Å². The molecule has 1 rings (SSSR count). The number of nitrogens with one attached hydrogen (secondary N) is 1. The Bertz CT molecular complexity index is 370. The first-order valence-corrected chi connectivity index (χ1v) is 7.70. The number of aryl methyl sites for hydroxylation is 1. The number of halogens is 2. The third kappa shape index (κ3) is 4.95. The van der Waals surface area contributed by atoms with Gasteiger partial charge in [-0.05, 0) is 24.3 Å². The molecule has 1 amide bonds. The van der Waals surface area contributed by atoms with Crippen LogP contribution in [0.5, 0.6) is 0 Å². The maximum Gasteiger partial charge on any atom is 0.262 e. The van der Waals surface area contributed by atoms with E-state index in [1.807, 2.05) is 12.3 Å². The molecule has 0 saturated carbocycles. The number of alkyl halides is 1. The van der Waals surface area contributed by atoms with E-state index >= 15 is 0 Å². The second-order valence-electron chi connectivity index (χ2n) is 3.47. The first-order valence-electron chi connectivity index (χ1n) is 5.32. The molecular formula is C11H15BrClNO2S. The number of ether oxygens (including phenoxy) is 1. The molecule has 1 aromatic rings. The van der Waals surface area contributed by atoms with E-state index in [2.05, 4.69) is 21.2 Å². The van der Waals surface area contributed by atoms with E-state index in [9.17, 15) is 4.79 Å². The molecule has 0 aliphatic heterocycles. The van der Waals surface area contributed by atoms with Gasteiger partial charge in [0.05, 0.1) is 11.6 Å². The fourth-order valence-corrected chi connectivity index (χ4v) is 2.62. The summed E-state index contributed by atoms with van der Waals surface area (Å²) in [5, 5.41) is 6.11. The summed E-state index contributed by atoms with van der Waals surface area (Å²) in [5.41, 5.74) is 0.947. The zero-order valence-corrected chi connectivity index (χ0v) is 12.8. The highest BCUT2D eigenvalue weighted by molar-refractivity contribution is 9.09. The van der Waals surface area contributed by atoms with Gasteiger partial charge in [-0.25, -0.2) is 0 Å². The molecule has 0 aliphatic carbocycles. The lowest BCUT2D eigenvalue weighted by Gasteiger charge is -2.04. The van der Waals surface area contributed by atoms with E-state index < -0.39 is 0 Å². The number of amides is 1. The largest absolute Gasteiger partial charge is 0.381 e. The van der Waals surface area contributed by atoms with Gasteiger partial charge in [0.25, 0.3) is 5.91 Å². The van der Waals surface area contributed by atoms with E-state index in [0.29, 0.717) is 29.7 Å². The van der Waals surface area contributed by atoms with Crippen LogP contribution < -0.4 is 5.32 Å². The average Bonchev–Trinajstić information content (AvgIpc) is 2.64. The van der Waals surface area contributed by atoms with Crippen molar-refractivity contribution in [3.8, 4) is 0 Å². The first-order chi connectivity index (χ1) is 8.16. The molecule has 1 heterocycles. The van der Waals surface area contributed by atoms with Gasteiger partial charge in [0, 0.05) is 18.5 Å². The number of carbonyl (C=O) groups excluding carboxylic acids is 1. The van der Waals surface area contributed by atoms with Crippen molar-refractivity contribution in [1.29, 1.82) is 0 Å². The lowest BCUT2D eigenvalue weighted by molar-refractivity contribution is 0.0949. The number of hydrogen-bond donors (Lipinski definition) is 1. The van der Waals surface area contributed by atoms with Crippen LogP contribution >= 0.6 is 38.9 Å². The first kappa shape index (κ1) is 15.0. The lowest BCUT2D eigenvalue weighted by atomic mass is 10.3. The van der Waals surface area contributed by atoms with Gasteiger partial charge in [0.1, 0.15) is 4.88 Å². The van der Waals surface area contributed by atoms with E-state index in [1.54, 1.807) is 0 Å². The smallest absolute Gasteiger partial charge is 0.262 e. The third-order valence-electron chi connectivity index (χ3n) is 2.08. The summed E-state index contributed by atoms with van der Waals surface area (Å²) in [6, 6.07) is 0. The van der Waals surface area contributed by atoms with Crippen LogP contribution in [0.1, 0.15) is 21.7 Å². The quantitative estimate of drug-likeness (QED) is 0.611. The van der Waals surface area contributed by atoms with Gasteiger partial charge in [0.2, 0.25) is 0 Å². The molecule has 0 spiro atoms. The highest BCUT2D eigenvalue weighted by Crippen LogP contribution is 2.26. The summed E-state index contributed by atoms with van der Waals surface area (Å²) >= 11 is 10.7. The standard InChI is InChI=1S/C11H15BrClNO2S/c1-8-7-17-10(9(8)13)11(15)14-4-2-5-16-6-3-12/h7H,2-6H2,1H3,(H,14,15). The van der Waals surface area contributed by atoms with Crippen LogP contribution in [-0.2, 0) is 4.74 Å². The summed E-state index contributed by atoms with van der Waals surface area (Å²) in [7, 11) is 0. The Labute approximate surface area is 119 Å². The van der Waals surface area contributed by atoms with Gasteiger partial charge >= 0.3 is 0 Å². The highest BCUT2D eigenvalue weighted by Gasteiger charge is 2.13. The van der Waals surface area contributed by atoms with Crippen LogP contribution in [-0.4, -0.2) is 31.0 Å². The maximum atomic E-state index is 11.7. The van der Waals surface area contributed by atoms with Gasteiger partial charge < -0.3 is 10.1 Å². The fourth-order valence-electron chi connectivity index (χ4n) is 1.20. The number of rotatable bonds is 7. The van der Waals surface area contributed by atoms with Crippen molar-refractivity contribution in [3.05, 3.63) is 20.8 Å². The zero-order chi connectivity index (χ0) is 12.7. The Kier molecular flexibility index (Phi) is 7.11. The molecule has 0 unspecified atom stereocenters. The average molecular weight is 341 g/mol. The Morgan fingerprint density at radius 3 is 2.94 bits per heavy atom. The van der Waals surface area contributed by atoms with Gasteiger partial charge in [-0.1, -0.05) is 27.5 Å². The Morgan fingerprint density at radius 1 is 1.59 bits per heavy atom. The SMILES string of the molecule is Cc1csc(C(=O)NCCCOCCBr)c1Cl. The van der Waals surface area contributed by atoms with Crippen molar-refractivity contribution >= 4 is 44.8 Å². The Balaban J connectivity index is 2.24. The minimum atomic E-state index is -0.103. The molecule has 0 atom stereocenters. The van der Waals surface area contributed by atoms with Crippen molar-refractivity contribution in [2.24, 2.45) is 0 Å². The van der Waals surface area contributed by atoms with Crippen molar-refractivity contribution in [2.45, 2.75) is 13.3 Å². The molecule has 0 radical (unpaired) electrons. The van der Waals surface area contributed by atoms with Crippen LogP contribution in [0.4, 0.5) is 0 Å². The van der Waals surface area contributed by atoms with E-state index in [4.69, 9.17) is 16.3 Å². The zero-order valence-electron chi connectivity index (χ0n) is 9.59. The van der Waals surface area contributed by atoms with Gasteiger partial charge in [0.15, 0.2) is 0 Å². The minimum Gasteiger partial charge on any atom is -0.381 e. The van der Waals surface area contributed by atoms with Crippen LogP contribution in [0.25, 0.3) is 0 Å². The van der Waals surface area contributed by atoms with Crippen molar-refractivity contribution in [1.82, 2.24) is 5.32 Å². The predicted octanol–water partition coefficient (Wildman–Crippen LogP) is 3.24. The van der Waals surface area contributed by atoms with Gasteiger partial charge in [-0.2, -0.15) is 0 Å². The van der Waals surface area contributed by atoms with Gasteiger partial charge in [-0.3, -0.25) is 4.79 Å². The van der Waals surface area contributed by atoms with Crippen molar-refractivity contribution in [3.63, 3.8) is 0 Å². The molecule has 0 aliphatic rings. The summed E-state index contributed by atoms with van der Waals surface area (Å²) in [6.07, 6.45) is 0.806. The molecule has 3 nitrogen and oxygen atoms in total. The summed E-state index contributed by atoms with van der Waals surface area (Å²) in [6.45, 7) is 3.85. The molecule has 0 bridgehead atoms. The summed E-state index contributed by atoms with van der Waals surface area (Å²) < 4.78 is 5.28. The van der Waals surface area contributed by atoms with E-state index in [1.165, 1.54) is 11.3 Å². The monoisotopic (exact) mass is 339 g/mol. The third-order valence-corrected chi connectivity index (χ3v) is 4.10. The number of carbonyl (C=O) groups is 1. The second kappa shape index (κ2) is 8.08. The summed E-state index contributed by atoms with van der Waals surface area (Å²) in [4.78, 5) is 12.3. The molecule has 1 N–H and O–H groups in total. The summed E-state index contributed by atoms with van der Waals surface area (Å²) in [5.74, 6) is -0.103. The minimum absolute atomic E-state index is 0.103. The second-order valence-corrected chi connectivity index (χ2v) is 5.52. The maximum absolute atomic E-state index is 11.7. The Hall–Kier alpha value is -0.100. The molecule has 1 aromatic heterocycles. The normalized spacial score (nSPS) is 10.5. The number of hydrogen-bond acceptors (Lipinski definition) is 3. The van der Waals surface area contributed by atoms with E-state index in [-0.39, 0.29) is 5.91 Å². The van der Waals surface area contributed by atoms with Crippen LogP contribution in [0, 0.1) is 6.92 Å². The topological polar surface area (TPSA) is 38.3 Å². The molecule has 0 saturated heterocycles.